The molecular formula is C15H13N3O2S. The molecule has 0 atom stereocenters. The minimum Gasteiger partial charge on any atom is -0.459 e. The molecule has 0 unspecified atom stereocenters. The summed E-state index contributed by atoms with van der Waals surface area (Å²) in [6, 6.07) is 7.17. The Hall–Kier alpha value is -2.47. The molecule has 106 valence electrons. The van der Waals surface area contributed by atoms with Crippen LogP contribution >= 0.6 is 11.3 Å². The highest BCUT2D eigenvalue weighted by Crippen LogP contribution is 2.27. The van der Waals surface area contributed by atoms with E-state index in [4.69, 9.17) is 4.42 Å². The van der Waals surface area contributed by atoms with Gasteiger partial charge >= 0.3 is 0 Å². The predicted molar refractivity (Wildman–Crippen MR) is 80.0 cm³/mol. The predicted octanol–water partition coefficient (Wildman–Crippen LogP) is 3.04. The van der Waals surface area contributed by atoms with Crippen LogP contribution in [0.5, 0.6) is 0 Å². The third-order valence-electron chi connectivity index (χ3n) is 2.96. The molecule has 0 radical (unpaired) electrons. The summed E-state index contributed by atoms with van der Waals surface area (Å²) in [6.07, 6.45) is 4.99. The van der Waals surface area contributed by atoms with Gasteiger partial charge in [-0.2, -0.15) is 0 Å². The Balaban J connectivity index is 1.72. The van der Waals surface area contributed by atoms with Gasteiger partial charge in [-0.15, -0.1) is 11.3 Å². The Kier molecular flexibility index (Phi) is 3.79. The van der Waals surface area contributed by atoms with Crippen LogP contribution in [0.15, 0.2) is 47.3 Å². The Labute approximate surface area is 125 Å². The monoisotopic (exact) mass is 299 g/mol. The molecule has 21 heavy (non-hydrogen) atoms. The molecule has 5 nitrogen and oxygen atoms in total. The zero-order valence-electron chi connectivity index (χ0n) is 11.4. The van der Waals surface area contributed by atoms with Crippen LogP contribution in [0.25, 0.3) is 10.6 Å². The molecule has 6 heteroatoms. The normalized spacial score (nSPS) is 10.5. The quantitative estimate of drug-likeness (QED) is 0.804. The summed E-state index contributed by atoms with van der Waals surface area (Å²) in [4.78, 5) is 21.5. The van der Waals surface area contributed by atoms with E-state index in [-0.39, 0.29) is 5.91 Å². The van der Waals surface area contributed by atoms with E-state index in [1.165, 1.54) is 6.26 Å². The lowest BCUT2D eigenvalue weighted by Gasteiger charge is -2.01. The number of aryl methyl sites for hydroxylation is 1. The van der Waals surface area contributed by atoms with Crippen LogP contribution in [0.4, 0.5) is 0 Å². The summed E-state index contributed by atoms with van der Waals surface area (Å²) in [5.74, 6) is 0.0837. The van der Waals surface area contributed by atoms with Crippen molar-refractivity contribution in [2.24, 2.45) is 0 Å². The number of nitrogens with zero attached hydrogens (tertiary/aromatic N) is 2. The number of hydrogen-bond donors (Lipinski definition) is 1. The molecule has 0 aliphatic heterocycles. The molecule has 0 saturated heterocycles. The van der Waals surface area contributed by atoms with Gasteiger partial charge in [0.25, 0.3) is 5.91 Å². The fourth-order valence-corrected chi connectivity index (χ4v) is 2.85. The van der Waals surface area contributed by atoms with Gasteiger partial charge in [0.2, 0.25) is 0 Å². The summed E-state index contributed by atoms with van der Waals surface area (Å²) < 4.78 is 5.06. The van der Waals surface area contributed by atoms with Crippen molar-refractivity contribution in [1.82, 2.24) is 15.3 Å². The van der Waals surface area contributed by atoms with Crippen LogP contribution in [0.3, 0.4) is 0 Å². The first kappa shape index (κ1) is 13.5. The van der Waals surface area contributed by atoms with Gasteiger partial charge in [-0.3, -0.25) is 9.78 Å². The first-order chi connectivity index (χ1) is 10.2. The number of carbonyl (C=O) groups is 1. The third-order valence-corrected chi connectivity index (χ3v) is 4.16. The van der Waals surface area contributed by atoms with Crippen molar-refractivity contribution in [3.05, 3.63) is 59.3 Å². The van der Waals surface area contributed by atoms with Crippen LogP contribution in [0, 0.1) is 6.92 Å². The highest BCUT2D eigenvalue weighted by molar-refractivity contribution is 7.15. The third kappa shape index (κ3) is 3.00. The lowest BCUT2D eigenvalue weighted by atomic mass is 10.3. The van der Waals surface area contributed by atoms with Crippen LogP contribution < -0.4 is 5.32 Å². The maximum atomic E-state index is 11.8. The Morgan fingerprint density at radius 3 is 3.00 bits per heavy atom. The molecule has 0 fully saturated rings. The molecular weight excluding hydrogens is 286 g/mol. The van der Waals surface area contributed by atoms with Crippen molar-refractivity contribution in [3.63, 3.8) is 0 Å². The second-order valence-corrected chi connectivity index (χ2v) is 5.51. The first-order valence-electron chi connectivity index (χ1n) is 6.42. The molecule has 1 N–H and O–H groups in total. The van der Waals surface area contributed by atoms with E-state index < -0.39 is 0 Å². The zero-order chi connectivity index (χ0) is 14.7. The van der Waals surface area contributed by atoms with E-state index in [2.05, 4.69) is 15.3 Å². The standard InChI is InChI=1S/C15H13N3O2S/c1-10-13(9-17-14(19)12-5-3-7-20-12)21-15(18-10)11-4-2-6-16-8-11/h2-8H,9H2,1H3,(H,17,19). The average Bonchev–Trinajstić information content (AvgIpc) is 3.16. The van der Waals surface area contributed by atoms with Gasteiger partial charge < -0.3 is 9.73 Å². The average molecular weight is 299 g/mol. The molecule has 0 saturated carbocycles. The fourth-order valence-electron chi connectivity index (χ4n) is 1.86. The van der Waals surface area contributed by atoms with Crippen molar-refractivity contribution in [3.8, 4) is 10.6 Å². The lowest BCUT2D eigenvalue weighted by Crippen LogP contribution is -2.22. The van der Waals surface area contributed by atoms with Gasteiger partial charge in [-0.25, -0.2) is 4.98 Å². The Bertz CT molecular complexity index is 736. The van der Waals surface area contributed by atoms with Gasteiger partial charge in [0.05, 0.1) is 18.5 Å². The largest absolute Gasteiger partial charge is 0.459 e. The second-order valence-electron chi connectivity index (χ2n) is 4.43. The molecule has 1 amide bonds. The summed E-state index contributed by atoms with van der Waals surface area (Å²) in [7, 11) is 0. The number of pyridine rings is 1. The van der Waals surface area contributed by atoms with Gasteiger partial charge in [0.15, 0.2) is 5.76 Å². The molecule has 0 aromatic carbocycles. The van der Waals surface area contributed by atoms with Crippen LogP contribution in [-0.4, -0.2) is 15.9 Å². The number of aromatic nitrogens is 2. The van der Waals surface area contributed by atoms with Crippen molar-refractivity contribution in [1.29, 1.82) is 0 Å². The zero-order valence-corrected chi connectivity index (χ0v) is 12.2. The molecule has 3 heterocycles. The van der Waals surface area contributed by atoms with Crippen molar-refractivity contribution < 1.29 is 9.21 Å². The first-order valence-corrected chi connectivity index (χ1v) is 7.24. The summed E-state index contributed by atoms with van der Waals surface area (Å²) in [5.41, 5.74) is 1.90. The maximum absolute atomic E-state index is 11.8. The molecule has 0 bridgehead atoms. The maximum Gasteiger partial charge on any atom is 0.287 e. The van der Waals surface area contributed by atoms with Gasteiger partial charge in [0.1, 0.15) is 5.01 Å². The minimum atomic E-state index is -0.226. The van der Waals surface area contributed by atoms with E-state index in [0.717, 1.165) is 21.1 Å². The Morgan fingerprint density at radius 2 is 2.29 bits per heavy atom. The smallest absolute Gasteiger partial charge is 0.287 e. The Morgan fingerprint density at radius 1 is 1.38 bits per heavy atom. The lowest BCUT2D eigenvalue weighted by molar-refractivity contribution is 0.0923. The highest BCUT2D eigenvalue weighted by Gasteiger charge is 2.12. The molecule has 0 aliphatic carbocycles. The topological polar surface area (TPSA) is 68.0 Å². The van der Waals surface area contributed by atoms with Crippen molar-refractivity contribution in [2.45, 2.75) is 13.5 Å². The number of thiazole rings is 1. The minimum absolute atomic E-state index is 0.226. The number of nitrogens with one attached hydrogen (secondary N) is 1. The van der Waals surface area contributed by atoms with Gasteiger partial charge in [-0.1, -0.05) is 0 Å². The number of amides is 1. The van der Waals surface area contributed by atoms with Crippen LogP contribution in [0.1, 0.15) is 21.1 Å². The molecule has 3 aromatic heterocycles. The highest BCUT2D eigenvalue weighted by atomic mass is 32.1. The van der Waals surface area contributed by atoms with Crippen molar-refractivity contribution in [2.75, 3.05) is 0 Å². The summed E-state index contributed by atoms with van der Waals surface area (Å²) >= 11 is 1.56. The molecule has 0 aliphatic rings. The van der Waals surface area contributed by atoms with Crippen molar-refractivity contribution >= 4 is 17.2 Å². The van der Waals surface area contributed by atoms with Gasteiger partial charge in [0, 0.05) is 22.8 Å². The van der Waals surface area contributed by atoms with E-state index in [1.54, 1.807) is 35.9 Å². The SMILES string of the molecule is Cc1nc(-c2cccnc2)sc1CNC(=O)c1ccco1. The van der Waals surface area contributed by atoms with Crippen LogP contribution in [0.2, 0.25) is 0 Å². The number of hydrogen-bond acceptors (Lipinski definition) is 5. The van der Waals surface area contributed by atoms with E-state index in [1.807, 2.05) is 19.1 Å². The molecule has 3 rings (SSSR count). The van der Waals surface area contributed by atoms with Gasteiger partial charge in [-0.05, 0) is 31.2 Å². The van der Waals surface area contributed by atoms with E-state index in [0.29, 0.717) is 12.3 Å². The number of rotatable bonds is 4. The molecule has 0 spiro atoms. The van der Waals surface area contributed by atoms with E-state index in [9.17, 15) is 4.79 Å². The number of carbonyl (C=O) groups excluding carboxylic acids is 1. The summed E-state index contributed by atoms with van der Waals surface area (Å²) in [5, 5.41) is 3.73. The second kappa shape index (κ2) is 5.88. The van der Waals surface area contributed by atoms with E-state index >= 15 is 0 Å². The van der Waals surface area contributed by atoms with Crippen LogP contribution in [-0.2, 0) is 6.54 Å². The molecule has 3 aromatic rings. The fraction of sp³-hybridized carbons (Fsp3) is 0.133. The summed E-state index contributed by atoms with van der Waals surface area (Å²) in [6.45, 7) is 2.37. The number of furan rings is 1.